The maximum absolute atomic E-state index is 14.5. The number of carbonyl (C=O) groups is 1. The van der Waals surface area contributed by atoms with E-state index in [1.807, 2.05) is 13.8 Å². The van der Waals surface area contributed by atoms with Crippen LogP contribution in [0, 0.1) is 5.82 Å². The van der Waals surface area contributed by atoms with Gasteiger partial charge in [0.2, 0.25) is 0 Å². The Morgan fingerprint density at radius 1 is 1.12 bits per heavy atom. The van der Waals surface area contributed by atoms with Crippen molar-refractivity contribution in [1.29, 1.82) is 0 Å². The van der Waals surface area contributed by atoms with Crippen molar-refractivity contribution in [2.24, 2.45) is 0 Å². The van der Waals surface area contributed by atoms with Crippen molar-refractivity contribution < 1.29 is 18.0 Å². The maximum Gasteiger partial charge on any atom is 0.266 e. The zero-order chi connectivity index (χ0) is 22.9. The molecule has 0 saturated carbocycles. The summed E-state index contributed by atoms with van der Waals surface area (Å²) in [6.07, 6.45) is 3.59. The molecule has 32 heavy (non-hydrogen) atoms. The van der Waals surface area contributed by atoms with Gasteiger partial charge in [0.15, 0.2) is 5.82 Å². The fourth-order valence-corrected chi connectivity index (χ4v) is 3.44. The fourth-order valence-electron chi connectivity index (χ4n) is 3.44. The Morgan fingerprint density at radius 3 is 2.47 bits per heavy atom. The number of nitrogens with one attached hydrogen (secondary N) is 1. The summed E-state index contributed by atoms with van der Waals surface area (Å²) >= 11 is 0. The van der Waals surface area contributed by atoms with E-state index in [-0.39, 0.29) is 47.2 Å². The van der Waals surface area contributed by atoms with E-state index < -0.39 is 24.2 Å². The highest BCUT2D eigenvalue weighted by Gasteiger charge is 2.40. The summed E-state index contributed by atoms with van der Waals surface area (Å²) in [5.74, 6) is -3.26. The van der Waals surface area contributed by atoms with Crippen molar-refractivity contribution in [2.75, 3.05) is 23.3 Å². The average Bonchev–Trinajstić information content (AvgIpc) is 3.14. The summed E-state index contributed by atoms with van der Waals surface area (Å²) in [6, 6.07) is 5.89. The highest BCUT2D eigenvalue weighted by Crippen LogP contribution is 2.38. The molecule has 0 spiro atoms. The van der Waals surface area contributed by atoms with Gasteiger partial charge < -0.3 is 10.2 Å². The van der Waals surface area contributed by atoms with Gasteiger partial charge in [-0.1, -0.05) is 26.0 Å². The van der Waals surface area contributed by atoms with Crippen LogP contribution in [0.5, 0.6) is 0 Å². The van der Waals surface area contributed by atoms with Crippen molar-refractivity contribution >= 4 is 17.4 Å². The third kappa shape index (κ3) is 4.39. The lowest BCUT2D eigenvalue weighted by atomic mass is 10.1. The third-order valence-corrected chi connectivity index (χ3v) is 5.11. The van der Waals surface area contributed by atoms with Crippen LogP contribution in [0.25, 0.3) is 11.3 Å². The largest absolute Gasteiger partial charge is 0.349 e. The molecular weight excluding hydrogens is 421 g/mol. The summed E-state index contributed by atoms with van der Waals surface area (Å²) in [4.78, 5) is 31.0. The summed E-state index contributed by atoms with van der Waals surface area (Å²) in [5, 5.41) is 2.68. The average molecular weight is 442 g/mol. The van der Waals surface area contributed by atoms with Gasteiger partial charge in [0.1, 0.15) is 29.4 Å². The van der Waals surface area contributed by atoms with Gasteiger partial charge in [0.05, 0.1) is 12.1 Å². The smallest absolute Gasteiger partial charge is 0.266 e. The SMILES string of the molecule is CC(C)c1ncc(C(=O)Nc2c(-c3ccccc3F)ncnc2N2CCC(F)(F)C2)cn1. The molecule has 0 unspecified atom stereocenters. The van der Waals surface area contributed by atoms with Crippen molar-refractivity contribution in [3.8, 4) is 11.3 Å². The van der Waals surface area contributed by atoms with Gasteiger partial charge >= 0.3 is 0 Å². The molecule has 1 aliphatic rings. The Morgan fingerprint density at radius 2 is 1.84 bits per heavy atom. The van der Waals surface area contributed by atoms with Crippen LogP contribution in [0.1, 0.15) is 42.4 Å². The van der Waals surface area contributed by atoms with Crippen LogP contribution in [0.3, 0.4) is 0 Å². The van der Waals surface area contributed by atoms with E-state index in [0.29, 0.717) is 5.82 Å². The first kappa shape index (κ1) is 21.7. The number of benzene rings is 1. The van der Waals surface area contributed by atoms with Crippen LogP contribution in [0.15, 0.2) is 43.0 Å². The Kier molecular flexibility index (Phi) is 5.77. The topological polar surface area (TPSA) is 83.9 Å². The van der Waals surface area contributed by atoms with Crippen LogP contribution in [-0.4, -0.2) is 44.9 Å². The van der Waals surface area contributed by atoms with Crippen LogP contribution in [0.4, 0.5) is 24.7 Å². The number of anilines is 2. The molecule has 1 aliphatic heterocycles. The van der Waals surface area contributed by atoms with Crippen LogP contribution in [-0.2, 0) is 0 Å². The molecule has 2 aromatic heterocycles. The normalized spacial score (nSPS) is 15.2. The molecule has 7 nitrogen and oxygen atoms in total. The zero-order valence-electron chi connectivity index (χ0n) is 17.5. The van der Waals surface area contributed by atoms with E-state index >= 15 is 0 Å². The van der Waals surface area contributed by atoms with E-state index in [1.54, 1.807) is 6.07 Å². The van der Waals surface area contributed by atoms with E-state index in [0.717, 1.165) is 0 Å². The predicted octanol–water partition coefficient (Wildman–Crippen LogP) is 4.29. The molecule has 4 rings (SSSR count). The number of carbonyl (C=O) groups excluding carboxylic acids is 1. The van der Waals surface area contributed by atoms with Crippen LogP contribution >= 0.6 is 0 Å². The van der Waals surface area contributed by atoms with Gasteiger partial charge in [-0.05, 0) is 12.1 Å². The molecule has 1 amide bonds. The maximum atomic E-state index is 14.5. The van der Waals surface area contributed by atoms with Gasteiger partial charge in [-0.3, -0.25) is 4.79 Å². The molecule has 1 fully saturated rings. The standard InChI is InChI=1S/C22H21F3N6O/c1-13(2)19-26-9-14(10-27-19)21(32)30-18-17(15-5-3-4-6-16(15)23)28-12-29-20(18)31-8-7-22(24,25)11-31/h3-6,9-10,12-13H,7-8,11H2,1-2H3,(H,30,32). The Labute approximate surface area is 182 Å². The van der Waals surface area contributed by atoms with Crippen molar-refractivity contribution in [1.82, 2.24) is 19.9 Å². The molecular formula is C22H21F3N6O. The first-order valence-electron chi connectivity index (χ1n) is 10.1. The highest BCUT2D eigenvalue weighted by atomic mass is 19.3. The molecule has 1 aromatic carbocycles. The highest BCUT2D eigenvalue weighted by molar-refractivity contribution is 6.07. The van der Waals surface area contributed by atoms with Gasteiger partial charge in [-0.15, -0.1) is 0 Å². The van der Waals surface area contributed by atoms with Gasteiger partial charge in [0, 0.05) is 36.8 Å². The quantitative estimate of drug-likeness (QED) is 0.635. The number of hydrogen-bond donors (Lipinski definition) is 1. The second kappa shape index (κ2) is 8.52. The lowest BCUT2D eigenvalue weighted by Gasteiger charge is -2.22. The molecule has 0 radical (unpaired) electrons. The molecule has 10 heteroatoms. The number of nitrogens with zero attached hydrogens (tertiary/aromatic N) is 5. The molecule has 3 heterocycles. The summed E-state index contributed by atoms with van der Waals surface area (Å²) < 4.78 is 42.3. The number of rotatable bonds is 5. The minimum absolute atomic E-state index is 0.0375. The summed E-state index contributed by atoms with van der Waals surface area (Å²) in [5.41, 5.74) is 0.420. The second-order valence-corrected chi connectivity index (χ2v) is 7.87. The first-order chi connectivity index (χ1) is 15.2. The molecule has 166 valence electrons. The Hall–Kier alpha value is -3.56. The number of hydrogen-bond acceptors (Lipinski definition) is 6. The molecule has 0 bridgehead atoms. The molecule has 3 aromatic rings. The lowest BCUT2D eigenvalue weighted by molar-refractivity contribution is 0.0257. The predicted molar refractivity (Wildman–Crippen MR) is 113 cm³/mol. The Balaban J connectivity index is 1.76. The molecule has 1 saturated heterocycles. The van der Waals surface area contributed by atoms with E-state index in [1.165, 1.54) is 41.8 Å². The number of aromatic nitrogens is 4. The molecule has 0 aliphatic carbocycles. The first-order valence-corrected chi connectivity index (χ1v) is 10.1. The van der Waals surface area contributed by atoms with Crippen LogP contribution < -0.4 is 10.2 Å². The lowest BCUT2D eigenvalue weighted by Crippen LogP contribution is -2.27. The number of amides is 1. The third-order valence-electron chi connectivity index (χ3n) is 5.11. The number of alkyl halides is 2. The van der Waals surface area contributed by atoms with Gasteiger partial charge in [-0.25, -0.2) is 33.1 Å². The van der Waals surface area contributed by atoms with Gasteiger partial charge in [-0.2, -0.15) is 0 Å². The van der Waals surface area contributed by atoms with Crippen molar-refractivity contribution in [3.05, 3.63) is 60.2 Å². The molecule has 1 N–H and O–H groups in total. The monoisotopic (exact) mass is 442 g/mol. The van der Waals surface area contributed by atoms with E-state index in [4.69, 9.17) is 0 Å². The fraction of sp³-hybridized carbons (Fsp3) is 0.318. The minimum Gasteiger partial charge on any atom is -0.349 e. The van der Waals surface area contributed by atoms with E-state index in [9.17, 15) is 18.0 Å². The summed E-state index contributed by atoms with van der Waals surface area (Å²) in [7, 11) is 0. The van der Waals surface area contributed by atoms with Gasteiger partial charge in [0.25, 0.3) is 11.8 Å². The van der Waals surface area contributed by atoms with Crippen molar-refractivity contribution in [2.45, 2.75) is 32.1 Å². The van der Waals surface area contributed by atoms with E-state index in [2.05, 4.69) is 25.3 Å². The zero-order valence-corrected chi connectivity index (χ0v) is 17.5. The summed E-state index contributed by atoms with van der Waals surface area (Å²) in [6.45, 7) is 3.33. The number of halogens is 3. The Bertz CT molecular complexity index is 1140. The minimum atomic E-state index is -2.88. The van der Waals surface area contributed by atoms with Crippen LogP contribution in [0.2, 0.25) is 0 Å². The van der Waals surface area contributed by atoms with Crippen molar-refractivity contribution in [3.63, 3.8) is 0 Å². The molecule has 0 atom stereocenters. The second-order valence-electron chi connectivity index (χ2n) is 7.87.